The van der Waals surface area contributed by atoms with Crippen molar-refractivity contribution in [3.8, 4) is 11.6 Å². The van der Waals surface area contributed by atoms with Gasteiger partial charge in [0.1, 0.15) is 11.5 Å². The molecule has 0 aliphatic carbocycles. The quantitative estimate of drug-likeness (QED) is 0.524. The number of nitrogens with one attached hydrogen (secondary N) is 1. The summed E-state index contributed by atoms with van der Waals surface area (Å²) < 4.78 is 12.7. The average molecular weight is 380 g/mol. The molecule has 3 aromatic rings. The van der Waals surface area contributed by atoms with E-state index >= 15 is 0 Å². The molecule has 1 N–H and O–H groups in total. The van der Waals surface area contributed by atoms with Crippen LogP contribution in [0.2, 0.25) is 0 Å². The fourth-order valence-corrected chi connectivity index (χ4v) is 3.10. The molecule has 0 atom stereocenters. The second kappa shape index (κ2) is 8.12. The number of hydrogen-bond donors (Lipinski definition) is 1. The van der Waals surface area contributed by atoms with Crippen molar-refractivity contribution < 1.29 is 14.1 Å². The van der Waals surface area contributed by atoms with Crippen LogP contribution in [-0.4, -0.2) is 28.5 Å². The molecule has 0 aliphatic heterocycles. The number of ether oxygens (including phenoxy) is 1. The molecule has 146 valence electrons. The predicted molar refractivity (Wildman–Crippen MR) is 107 cm³/mol. The van der Waals surface area contributed by atoms with Crippen LogP contribution in [0, 0.1) is 34.6 Å². The highest BCUT2D eigenvalue weighted by atomic mass is 16.5. The third-order valence-corrected chi connectivity index (χ3v) is 4.27. The summed E-state index contributed by atoms with van der Waals surface area (Å²) in [6.45, 7) is 9.66. The van der Waals surface area contributed by atoms with E-state index in [0.29, 0.717) is 5.75 Å². The van der Waals surface area contributed by atoms with Gasteiger partial charge >= 0.3 is 0 Å². The number of carbonyl (C=O) groups is 1. The predicted octanol–water partition coefficient (Wildman–Crippen LogP) is 3.54. The molecular weight excluding hydrogens is 356 g/mol. The second-order valence-electron chi connectivity index (χ2n) is 6.86. The molecule has 28 heavy (non-hydrogen) atoms. The molecular formula is C21H24N4O3. The van der Waals surface area contributed by atoms with E-state index < -0.39 is 0 Å². The largest absolute Gasteiger partial charge is 0.484 e. The van der Waals surface area contributed by atoms with Crippen LogP contribution in [0.25, 0.3) is 5.82 Å². The first-order valence-corrected chi connectivity index (χ1v) is 8.99. The molecule has 0 saturated carbocycles. The monoisotopic (exact) mass is 380 g/mol. The number of carbonyl (C=O) groups excluding carboxylic acids is 1. The summed E-state index contributed by atoms with van der Waals surface area (Å²) in [6, 6.07) is 9.68. The zero-order valence-electron chi connectivity index (χ0n) is 16.7. The number of hydrazone groups is 1. The Bertz CT molecular complexity index is 1010. The normalized spacial score (nSPS) is 11.2. The molecule has 0 saturated heterocycles. The van der Waals surface area contributed by atoms with Crippen LogP contribution in [0.4, 0.5) is 0 Å². The number of rotatable bonds is 6. The van der Waals surface area contributed by atoms with Gasteiger partial charge in [-0.3, -0.25) is 9.36 Å². The second-order valence-corrected chi connectivity index (χ2v) is 6.86. The summed E-state index contributed by atoms with van der Waals surface area (Å²) in [7, 11) is 0. The molecule has 0 aliphatic rings. The minimum Gasteiger partial charge on any atom is -0.484 e. The van der Waals surface area contributed by atoms with Gasteiger partial charge < -0.3 is 9.26 Å². The molecule has 7 nitrogen and oxygen atoms in total. The van der Waals surface area contributed by atoms with Gasteiger partial charge in [0.15, 0.2) is 12.4 Å². The van der Waals surface area contributed by atoms with Gasteiger partial charge in [0.2, 0.25) is 0 Å². The van der Waals surface area contributed by atoms with E-state index in [9.17, 15) is 4.79 Å². The topological polar surface area (TPSA) is 81.6 Å². The van der Waals surface area contributed by atoms with Gasteiger partial charge in [0, 0.05) is 23.0 Å². The third-order valence-electron chi connectivity index (χ3n) is 4.27. The molecule has 0 fully saturated rings. The Labute approximate surface area is 164 Å². The lowest BCUT2D eigenvalue weighted by atomic mass is 10.1. The summed E-state index contributed by atoms with van der Waals surface area (Å²) in [5.74, 6) is 1.81. The number of amides is 1. The number of aromatic nitrogens is 2. The Morgan fingerprint density at radius 3 is 2.50 bits per heavy atom. The summed E-state index contributed by atoms with van der Waals surface area (Å²) in [5, 5.41) is 8.09. The van der Waals surface area contributed by atoms with Gasteiger partial charge in [0.25, 0.3) is 5.91 Å². The van der Waals surface area contributed by atoms with Crippen molar-refractivity contribution in [2.45, 2.75) is 34.6 Å². The molecule has 0 spiro atoms. The summed E-state index contributed by atoms with van der Waals surface area (Å²) in [4.78, 5) is 12.0. The van der Waals surface area contributed by atoms with Gasteiger partial charge in [-0.25, -0.2) is 5.43 Å². The highest BCUT2D eigenvalue weighted by Crippen LogP contribution is 2.19. The van der Waals surface area contributed by atoms with Gasteiger partial charge in [-0.15, -0.1) is 0 Å². The Balaban J connectivity index is 1.61. The van der Waals surface area contributed by atoms with Crippen molar-refractivity contribution in [2.75, 3.05) is 6.61 Å². The van der Waals surface area contributed by atoms with E-state index in [2.05, 4.69) is 15.7 Å². The lowest BCUT2D eigenvalue weighted by Gasteiger charge is -2.07. The van der Waals surface area contributed by atoms with Crippen LogP contribution in [0.3, 0.4) is 0 Å². The van der Waals surface area contributed by atoms with E-state index in [4.69, 9.17) is 9.26 Å². The molecule has 1 aromatic carbocycles. The molecule has 0 radical (unpaired) electrons. The van der Waals surface area contributed by atoms with Gasteiger partial charge in [-0.2, -0.15) is 5.10 Å². The Morgan fingerprint density at radius 1 is 1.14 bits per heavy atom. The molecule has 0 bridgehead atoms. The smallest absolute Gasteiger partial charge is 0.277 e. The number of nitrogens with zero attached hydrogens (tertiary/aromatic N) is 3. The summed E-state index contributed by atoms with van der Waals surface area (Å²) in [5.41, 5.74) is 7.50. The highest BCUT2D eigenvalue weighted by molar-refractivity contribution is 5.84. The lowest BCUT2D eigenvalue weighted by molar-refractivity contribution is -0.123. The fourth-order valence-electron chi connectivity index (χ4n) is 3.10. The average Bonchev–Trinajstić information content (AvgIpc) is 3.15. The van der Waals surface area contributed by atoms with Crippen LogP contribution >= 0.6 is 0 Å². The minimum atomic E-state index is -0.323. The van der Waals surface area contributed by atoms with Crippen molar-refractivity contribution in [3.05, 3.63) is 64.2 Å². The van der Waals surface area contributed by atoms with E-state index in [0.717, 1.165) is 39.7 Å². The molecule has 3 rings (SSSR count). The van der Waals surface area contributed by atoms with Crippen molar-refractivity contribution >= 4 is 12.1 Å². The van der Waals surface area contributed by atoms with E-state index in [-0.39, 0.29) is 12.5 Å². The molecule has 2 aromatic heterocycles. The zero-order valence-corrected chi connectivity index (χ0v) is 16.7. The highest BCUT2D eigenvalue weighted by Gasteiger charge is 2.12. The molecule has 1 amide bonds. The van der Waals surface area contributed by atoms with Crippen molar-refractivity contribution in [1.29, 1.82) is 0 Å². The van der Waals surface area contributed by atoms with Gasteiger partial charge in [-0.1, -0.05) is 11.2 Å². The minimum absolute atomic E-state index is 0.0997. The summed E-state index contributed by atoms with van der Waals surface area (Å²) >= 11 is 0. The zero-order chi connectivity index (χ0) is 20.3. The number of hydrogen-bond acceptors (Lipinski definition) is 5. The van der Waals surface area contributed by atoms with Crippen molar-refractivity contribution in [3.63, 3.8) is 0 Å². The van der Waals surface area contributed by atoms with E-state index in [1.54, 1.807) is 6.21 Å². The lowest BCUT2D eigenvalue weighted by Crippen LogP contribution is -2.24. The standard InChI is InChI=1S/C21H24N4O3/c1-13-6-14(2)8-19(7-13)27-12-21(26)23-22-11-18-9-15(3)25(17(18)5)20-10-16(4)28-24-20/h6-11H,12H2,1-5H3,(H,23,26)/b22-11-. The van der Waals surface area contributed by atoms with Crippen LogP contribution in [0.15, 0.2) is 40.0 Å². The third kappa shape index (κ3) is 4.49. The first-order valence-electron chi connectivity index (χ1n) is 8.99. The number of aryl methyl sites for hydroxylation is 4. The van der Waals surface area contributed by atoms with Crippen molar-refractivity contribution in [2.24, 2.45) is 5.10 Å². The summed E-state index contributed by atoms with van der Waals surface area (Å²) in [6.07, 6.45) is 1.61. The maximum absolute atomic E-state index is 12.0. The van der Waals surface area contributed by atoms with E-state index in [1.165, 1.54) is 0 Å². The number of benzene rings is 1. The first-order chi connectivity index (χ1) is 13.3. The molecule has 0 unspecified atom stereocenters. The van der Waals surface area contributed by atoms with E-state index in [1.807, 2.05) is 69.5 Å². The van der Waals surface area contributed by atoms with Crippen LogP contribution in [-0.2, 0) is 4.79 Å². The molecule has 7 heteroatoms. The van der Waals surface area contributed by atoms with Crippen LogP contribution in [0.5, 0.6) is 5.75 Å². The Hall–Kier alpha value is -3.35. The first kappa shape index (κ1) is 19.4. The molecule has 2 heterocycles. The van der Waals surface area contributed by atoms with Crippen molar-refractivity contribution in [1.82, 2.24) is 15.1 Å². The van der Waals surface area contributed by atoms with Crippen LogP contribution in [0.1, 0.15) is 33.8 Å². The van der Waals surface area contributed by atoms with Crippen LogP contribution < -0.4 is 10.2 Å². The fraction of sp³-hybridized carbons (Fsp3) is 0.286. The Morgan fingerprint density at radius 2 is 1.86 bits per heavy atom. The Kier molecular flexibility index (Phi) is 5.63. The maximum atomic E-state index is 12.0. The SMILES string of the molecule is Cc1cc(C)cc(OCC(=O)N/N=C\c2cc(C)n(-c3cc(C)on3)c2C)c1. The maximum Gasteiger partial charge on any atom is 0.277 e. The van der Waals surface area contributed by atoms with Gasteiger partial charge in [0.05, 0.1) is 6.21 Å². The van der Waals surface area contributed by atoms with Gasteiger partial charge in [-0.05, 0) is 63.9 Å².